The molecule has 6 heteroatoms. The number of halogens is 3. The Hall–Kier alpha value is -0.900. The molecule has 0 atom stereocenters. The topological polar surface area (TPSA) is 37.1 Å². The van der Waals surface area contributed by atoms with Gasteiger partial charge in [-0.15, -0.1) is 12.4 Å². The summed E-state index contributed by atoms with van der Waals surface area (Å²) >= 11 is 11.8. The third-order valence-electron chi connectivity index (χ3n) is 1.60. The smallest absolute Gasteiger partial charge is 0.218 e. The van der Waals surface area contributed by atoms with Crippen molar-refractivity contribution in [2.24, 2.45) is 15.0 Å². The average molecular weight is 263 g/mol. The third-order valence-corrected chi connectivity index (χ3v) is 2.21. The fraction of sp³-hybridized carbons (Fsp3) is 0. The lowest BCUT2D eigenvalue weighted by Crippen LogP contribution is -1.82. The Bertz CT molecular complexity index is 418. The Kier molecular flexibility index (Phi) is 4.27. The van der Waals surface area contributed by atoms with Gasteiger partial charge in [-0.3, -0.25) is 0 Å². The summed E-state index contributed by atoms with van der Waals surface area (Å²) in [5, 5.41) is 0.976. The van der Waals surface area contributed by atoms with Gasteiger partial charge in [0.15, 0.2) is 0 Å². The third kappa shape index (κ3) is 2.78. The van der Waals surface area contributed by atoms with Crippen LogP contribution in [0.2, 0.25) is 10.0 Å². The number of aliphatic imine (C=N–C) groups is 3. The quantitative estimate of drug-likeness (QED) is 0.742. The van der Waals surface area contributed by atoms with Gasteiger partial charge < -0.3 is 0 Å². The predicted molar refractivity (Wildman–Crippen MR) is 67.8 cm³/mol. The minimum atomic E-state index is 0. The van der Waals surface area contributed by atoms with Crippen molar-refractivity contribution >= 4 is 59.7 Å². The normalized spacial score (nSPS) is 12.8. The van der Waals surface area contributed by atoms with Crippen LogP contribution in [-0.4, -0.2) is 18.4 Å². The summed E-state index contributed by atoms with van der Waals surface area (Å²) in [6, 6.07) is 5.19. The monoisotopic (exact) mass is 261 g/mol. The molecule has 0 radical (unpaired) electrons. The molecule has 2 rings (SSSR count). The van der Waals surface area contributed by atoms with Crippen LogP contribution in [0, 0.1) is 0 Å². The van der Waals surface area contributed by atoms with Crippen molar-refractivity contribution in [3.05, 3.63) is 28.2 Å². The molecule has 1 aromatic rings. The van der Waals surface area contributed by atoms with E-state index in [1.54, 1.807) is 30.6 Å². The molecule has 1 heterocycles. The Morgan fingerprint density at radius 2 is 1.53 bits per heavy atom. The van der Waals surface area contributed by atoms with Crippen LogP contribution in [0.3, 0.4) is 0 Å². The zero-order chi connectivity index (χ0) is 9.97. The molecule has 0 aliphatic carbocycles. The summed E-state index contributed by atoms with van der Waals surface area (Å²) in [5.41, 5.74) is 0.502. The van der Waals surface area contributed by atoms with Gasteiger partial charge >= 0.3 is 0 Å². The van der Waals surface area contributed by atoms with Crippen LogP contribution < -0.4 is 0 Å². The second kappa shape index (κ2) is 5.26. The maximum absolute atomic E-state index is 5.91. The lowest BCUT2D eigenvalue weighted by molar-refractivity contribution is 1.44. The average Bonchev–Trinajstić information content (AvgIpc) is 2.64. The lowest BCUT2D eigenvalue weighted by atomic mass is 10.3. The van der Waals surface area contributed by atoms with Gasteiger partial charge in [-0.1, -0.05) is 29.3 Å². The fourth-order valence-corrected chi connectivity index (χ4v) is 1.47. The highest BCUT2D eigenvalue weighted by atomic mass is 35.5. The highest BCUT2D eigenvalue weighted by Gasteiger charge is 2.05. The van der Waals surface area contributed by atoms with Crippen LogP contribution in [0.15, 0.2) is 33.2 Å². The Morgan fingerprint density at radius 1 is 1.00 bits per heavy atom. The van der Waals surface area contributed by atoms with Crippen LogP contribution in [0.25, 0.3) is 0 Å². The fourth-order valence-electron chi connectivity index (χ4n) is 0.987. The summed E-state index contributed by atoms with van der Waals surface area (Å²) in [7, 11) is 0. The van der Waals surface area contributed by atoms with Crippen LogP contribution in [0.1, 0.15) is 0 Å². The first-order chi connectivity index (χ1) is 6.77. The zero-order valence-corrected chi connectivity index (χ0v) is 9.72. The van der Waals surface area contributed by atoms with E-state index in [9.17, 15) is 0 Å². The van der Waals surface area contributed by atoms with Gasteiger partial charge in [0.05, 0.1) is 10.0 Å². The number of nitrogens with zero attached hydrogens (tertiary/aromatic N) is 3. The number of hydrogen-bond acceptors (Lipinski definition) is 1. The van der Waals surface area contributed by atoms with E-state index in [0.717, 1.165) is 0 Å². The van der Waals surface area contributed by atoms with E-state index in [0.29, 0.717) is 21.7 Å². The van der Waals surface area contributed by atoms with Crippen molar-refractivity contribution < 1.29 is 0 Å². The van der Waals surface area contributed by atoms with Crippen LogP contribution >= 0.6 is 35.6 Å². The molecule has 1 aliphatic rings. The second-order valence-corrected chi connectivity index (χ2v) is 3.35. The van der Waals surface area contributed by atoms with Crippen molar-refractivity contribution in [2.45, 2.75) is 0 Å². The SMILES string of the molecule is Cl.Clc1cccc(Cl)c1N=C1N=CC=N1. The first-order valence-electron chi connectivity index (χ1n) is 3.87. The van der Waals surface area contributed by atoms with Crippen molar-refractivity contribution in [3.63, 3.8) is 0 Å². The summed E-state index contributed by atoms with van der Waals surface area (Å²) in [6.07, 6.45) is 3.12. The summed E-state index contributed by atoms with van der Waals surface area (Å²) in [6.45, 7) is 0. The van der Waals surface area contributed by atoms with E-state index in [4.69, 9.17) is 23.2 Å². The molecule has 78 valence electrons. The molecule has 15 heavy (non-hydrogen) atoms. The molecular weight excluding hydrogens is 256 g/mol. The molecule has 0 saturated carbocycles. The van der Waals surface area contributed by atoms with Crippen molar-refractivity contribution in [3.8, 4) is 0 Å². The molecule has 0 spiro atoms. The van der Waals surface area contributed by atoms with Gasteiger partial charge in [0, 0.05) is 12.4 Å². The largest absolute Gasteiger partial charge is 0.250 e. The standard InChI is InChI=1S/C9H5Cl2N3.ClH/c10-6-2-1-3-7(11)8(6)14-9-12-4-5-13-9;/h1-5H;1H. The van der Waals surface area contributed by atoms with Gasteiger partial charge in [-0.2, -0.15) is 0 Å². The van der Waals surface area contributed by atoms with Crippen molar-refractivity contribution in [1.82, 2.24) is 0 Å². The Labute approximate surface area is 103 Å². The lowest BCUT2D eigenvalue weighted by Gasteiger charge is -1.99. The summed E-state index contributed by atoms with van der Waals surface area (Å²) in [5.74, 6) is 0.361. The molecule has 0 amide bonds. The molecule has 0 aromatic heterocycles. The van der Waals surface area contributed by atoms with E-state index in [1.807, 2.05) is 0 Å². The van der Waals surface area contributed by atoms with Crippen LogP contribution in [0.5, 0.6) is 0 Å². The van der Waals surface area contributed by atoms with Crippen molar-refractivity contribution in [1.29, 1.82) is 0 Å². The Balaban J connectivity index is 0.00000112. The number of rotatable bonds is 1. The molecule has 3 nitrogen and oxygen atoms in total. The Morgan fingerprint density at radius 3 is 2.07 bits per heavy atom. The minimum Gasteiger partial charge on any atom is -0.218 e. The molecule has 0 unspecified atom stereocenters. The number of guanidine groups is 1. The van der Waals surface area contributed by atoms with Gasteiger partial charge in [-0.25, -0.2) is 15.0 Å². The summed E-state index contributed by atoms with van der Waals surface area (Å²) in [4.78, 5) is 11.9. The maximum atomic E-state index is 5.91. The van der Waals surface area contributed by atoms with Gasteiger partial charge in [0.2, 0.25) is 5.96 Å². The molecule has 1 aliphatic heterocycles. The number of benzene rings is 1. The molecule has 1 aromatic carbocycles. The second-order valence-electron chi connectivity index (χ2n) is 2.54. The zero-order valence-electron chi connectivity index (χ0n) is 7.39. The first kappa shape index (κ1) is 12.2. The molecule has 0 N–H and O–H groups in total. The molecule has 0 saturated heterocycles. The van der Waals surface area contributed by atoms with Gasteiger partial charge in [0.25, 0.3) is 0 Å². The first-order valence-corrected chi connectivity index (χ1v) is 4.62. The van der Waals surface area contributed by atoms with E-state index >= 15 is 0 Å². The number of para-hydroxylation sites is 1. The van der Waals surface area contributed by atoms with Crippen LogP contribution in [-0.2, 0) is 0 Å². The highest BCUT2D eigenvalue weighted by molar-refractivity contribution is 6.39. The van der Waals surface area contributed by atoms with E-state index in [2.05, 4.69) is 15.0 Å². The van der Waals surface area contributed by atoms with E-state index in [-0.39, 0.29) is 12.4 Å². The minimum absolute atomic E-state index is 0. The molecule has 0 fully saturated rings. The van der Waals surface area contributed by atoms with Crippen molar-refractivity contribution in [2.75, 3.05) is 0 Å². The molecular formula is C9H6Cl3N3. The molecule has 0 bridgehead atoms. The predicted octanol–water partition coefficient (Wildman–Crippen LogP) is 3.56. The van der Waals surface area contributed by atoms with Crippen LogP contribution in [0.4, 0.5) is 5.69 Å². The van der Waals surface area contributed by atoms with Gasteiger partial charge in [-0.05, 0) is 12.1 Å². The van der Waals surface area contributed by atoms with E-state index < -0.39 is 0 Å². The van der Waals surface area contributed by atoms with Gasteiger partial charge in [0.1, 0.15) is 5.69 Å². The van der Waals surface area contributed by atoms with E-state index in [1.165, 1.54) is 0 Å². The number of hydrogen-bond donors (Lipinski definition) is 0. The highest BCUT2D eigenvalue weighted by Crippen LogP contribution is 2.32. The summed E-state index contributed by atoms with van der Waals surface area (Å²) < 4.78 is 0. The maximum Gasteiger partial charge on any atom is 0.250 e.